The highest BCUT2D eigenvalue weighted by Gasteiger charge is 2.74. The lowest BCUT2D eigenvalue weighted by Gasteiger charge is -2.71. The Balaban J connectivity index is 1.44. The molecule has 6 aliphatic carbocycles. The Kier molecular flexibility index (Phi) is 8.29. The van der Waals surface area contributed by atoms with Gasteiger partial charge in [-0.3, -0.25) is 9.69 Å². The summed E-state index contributed by atoms with van der Waals surface area (Å²) < 4.78 is 15.0. The van der Waals surface area contributed by atoms with E-state index in [1.165, 1.54) is 6.07 Å². The van der Waals surface area contributed by atoms with Gasteiger partial charge in [0, 0.05) is 51.9 Å². The first kappa shape index (κ1) is 32.3. The first-order valence-corrected chi connectivity index (χ1v) is 17.0. The molecule has 3 fully saturated rings. The lowest BCUT2D eigenvalue weighted by Crippen LogP contribution is -2.67. The molecule has 7 rings (SSSR count). The maximum Gasteiger partial charge on any atom is 0.164 e. The lowest BCUT2D eigenvalue weighted by molar-refractivity contribution is -0.179. The van der Waals surface area contributed by atoms with Gasteiger partial charge in [0.2, 0.25) is 0 Å². The van der Waals surface area contributed by atoms with E-state index >= 15 is 0 Å². The van der Waals surface area contributed by atoms with Crippen molar-refractivity contribution in [3.05, 3.63) is 58.4 Å². The van der Waals surface area contributed by atoms with Crippen LogP contribution in [0.15, 0.2) is 42.0 Å². The fourth-order valence-electron chi connectivity index (χ4n) is 10.9. The standard InChI is InChI=1S/C36H49ClFNO5/c1-4-16-39(20-24(42)21-40)22-35(44)13-10-31-33(35,3)12-9-30-32(2)11-8-23(41)18-34(32)14-15-36(30,31)26(19-34)29(43)17-25-27(37)6-5-7-28(25)38/h5-7,14-15,19,23-24,30-31,40-42,44H,4,8-13,16-18,20-22H2,1-3H3/t23?,24-,30+,31+,32+,33-,34-,35+,36+/m0/s1. The van der Waals surface area contributed by atoms with Crippen LogP contribution in [0.2, 0.25) is 5.02 Å². The summed E-state index contributed by atoms with van der Waals surface area (Å²) in [6.07, 6.45) is 11.2. The van der Waals surface area contributed by atoms with Crippen LogP contribution in [0.3, 0.4) is 0 Å². The average Bonchev–Trinajstić information content (AvgIpc) is 3.24. The summed E-state index contributed by atoms with van der Waals surface area (Å²) >= 11 is 6.42. The predicted molar refractivity (Wildman–Crippen MR) is 169 cm³/mol. The summed E-state index contributed by atoms with van der Waals surface area (Å²) in [5, 5.41) is 43.5. The molecule has 242 valence electrons. The summed E-state index contributed by atoms with van der Waals surface area (Å²) in [4.78, 5) is 16.6. The third-order valence-electron chi connectivity index (χ3n) is 13.1. The molecule has 2 bridgehead atoms. The average molecular weight is 630 g/mol. The van der Waals surface area contributed by atoms with Crippen molar-refractivity contribution in [2.45, 2.75) is 96.4 Å². The zero-order valence-corrected chi connectivity index (χ0v) is 27.1. The molecule has 6 aliphatic rings. The van der Waals surface area contributed by atoms with Crippen LogP contribution in [0.1, 0.15) is 77.7 Å². The molecule has 44 heavy (non-hydrogen) atoms. The van der Waals surface area contributed by atoms with E-state index in [1.54, 1.807) is 12.1 Å². The van der Waals surface area contributed by atoms with Gasteiger partial charge in [0.25, 0.3) is 0 Å². The molecule has 6 nitrogen and oxygen atoms in total. The van der Waals surface area contributed by atoms with Crippen molar-refractivity contribution < 1.29 is 29.6 Å². The number of benzene rings is 1. The van der Waals surface area contributed by atoms with E-state index in [1.807, 2.05) is 0 Å². The normalized spacial score (nSPS) is 41.2. The quantitative estimate of drug-likeness (QED) is 0.264. The Morgan fingerprint density at radius 1 is 1.11 bits per heavy atom. The maximum absolute atomic E-state index is 15.0. The number of carbonyl (C=O) groups excluding carboxylic acids is 1. The molecular weight excluding hydrogens is 581 g/mol. The molecular formula is C36H49ClFNO5. The minimum Gasteiger partial charge on any atom is -0.394 e. The third kappa shape index (κ3) is 4.55. The Bertz CT molecular complexity index is 1350. The molecule has 0 radical (unpaired) electrons. The lowest BCUT2D eigenvalue weighted by atomic mass is 9.32. The number of ketones is 1. The summed E-state index contributed by atoms with van der Waals surface area (Å²) in [5.41, 5.74) is -1.87. The monoisotopic (exact) mass is 629 g/mol. The third-order valence-corrected chi connectivity index (χ3v) is 13.5. The number of rotatable bonds is 10. The van der Waals surface area contributed by atoms with Gasteiger partial charge in [0.15, 0.2) is 5.78 Å². The number of allylic oxidation sites excluding steroid dienone is 4. The van der Waals surface area contributed by atoms with E-state index in [0.29, 0.717) is 31.5 Å². The van der Waals surface area contributed by atoms with Crippen LogP contribution in [-0.2, 0) is 11.2 Å². The number of nitrogens with zero attached hydrogens (tertiary/aromatic N) is 1. The first-order chi connectivity index (χ1) is 20.8. The Hall–Kier alpha value is -1.61. The molecule has 0 amide bonds. The van der Waals surface area contributed by atoms with E-state index in [9.17, 15) is 29.6 Å². The van der Waals surface area contributed by atoms with Crippen molar-refractivity contribution in [3.8, 4) is 0 Å². The molecule has 9 atom stereocenters. The molecule has 1 aromatic carbocycles. The Labute approximate surface area is 266 Å². The molecule has 4 N–H and O–H groups in total. The highest BCUT2D eigenvalue weighted by molar-refractivity contribution is 6.31. The van der Waals surface area contributed by atoms with Crippen LogP contribution in [0.5, 0.6) is 0 Å². The molecule has 1 aromatic rings. The summed E-state index contributed by atoms with van der Waals surface area (Å²) in [6, 6.07) is 4.51. The van der Waals surface area contributed by atoms with Crippen LogP contribution in [0.25, 0.3) is 0 Å². The molecule has 0 heterocycles. The zero-order chi connectivity index (χ0) is 31.7. The van der Waals surface area contributed by atoms with Gasteiger partial charge in [-0.2, -0.15) is 0 Å². The Morgan fingerprint density at radius 2 is 1.82 bits per heavy atom. The van der Waals surface area contributed by atoms with Gasteiger partial charge in [-0.1, -0.05) is 56.7 Å². The van der Waals surface area contributed by atoms with Crippen molar-refractivity contribution in [1.29, 1.82) is 0 Å². The van der Waals surface area contributed by atoms with Crippen LogP contribution in [0, 0.1) is 39.3 Å². The first-order valence-electron chi connectivity index (χ1n) is 16.6. The molecule has 1 unspecified atom stereocenters. The van der Waals surface area contributed by atoms with Gasteiger partial charge in [0.1, 0.15) is 5.82 Å². The second kappa shape index (κ2) is 11.3. The van der Waals surface area contributed by atoms with Gasteiger partial charge in [0.05, 0.1) is 24.4 Å². The van der Waals surface area contributed by atoms with Crippen molar-refractivity contribution in [1.82, 2.24) is 4.90 Å². The highest BCUT2D eigenvalue weighted by atomic mass is 35.5. The van der Waals surface area contributed by atoms with Crippen molar-refractivity contribution >= 4 is 17.4 Å². The van der Waals surface area contributed by atoms with Gasteiger partial charge in [-0.25, -0.2) is 4.39 Å². The Morgan fingerprint density at radius 3 is 2.52 bits per heavy atom. The molecule has 8 heteroatoms. The van der Waals surface area contributed by atoms with Crippen molar-refractivity contribution in [2.75, 3.05) is 26.2 Å². The van der Waals surface area contributed by atoms with Crippen LogP contribution >= 0.6 is 11.6 Å². The largest absolute Gasteiger partial charge is 0.394 e. The molecule has 3 saturated carbocycles. The van der Waals surface area contributed by atoms with Crippen molar-refractivity contribution in [2.24, 2.45) is 33.5 Å². The summed E-state index contributed by atoms with van der Waals surface area (Å²) in [7, 11) is 0. The molecule has 0 aromatic heterocycles. The summed E-state index contributed by atoms with van der Waals surface area (Å²) in [6.45, 7) is 7.65. The smallest absolute Gasteiger partial charge is 0.164 e. The number of halogens is 2. The highest BCUT2D eigenvalue weighted by Crippen LogP contribution is 2.78. The topological polar surface area (TPSA) is 101 Å². The second-order valence-electron chi connectivity index (χ2n) is 15.2. The zero-order valence-electron chi connectivity index (χ0n) is 26.4. The van der Waals surface area contributed by atoms with Gasteiger partial charge >= 0.3 is 0 Å². The second-order valence-corrected chi connectivity index (χ2v) is 15.6. The SMILES string of the molecule is CCCN(C[C@H](O)CO)C[C@]1(O)CC[C@H]2[C@]34C=C[C@@]5(C=C3C(=O)Cc3c(F)cccc3Cl)CC(O)CC[C@]5(C)[C@H]4CC[C@@]21C. The van der Waals surface area contributed by atoms with Crippen LogP contribution in [-0.4, -0.2) is 75.2 Å². The minimum absolute atomic E-state index is 0.0190. The molecule has 2 spiro atoms. The molecule has 0 aliphatic heterocycles. The number of hydrogen-bond donors (Lipinski definition) is 4. The van der Waals surface area contributed by atoms with Gasteiger partial charge in [-0.05, 0) is 87.3 Å². The van der Waals surface area contributed by atoms with Gasteiger partial charge < -0.3 is 20.4 Å². The number of aliphatic hydroxyl groups excluding tert-OH is 3. The van der Waals surface area contributed by atoms with Crippen molar-refractivity contribution in [3.63, 3.8) is 0 Å². The van der Waals surface area contributed by atoms with E-state index in [4.69, 9.17) is 11.6 Å². The fraction of sp³-hybridized carbons (Fsp3) is 0.694. The number of Topliss-reactive ketones (excluding diaryl/α,β-unsaturated/α-hetero) is 1. The van der Waals surface area contributed by atoms with Crippen LogP contribution < -0.4 is 0 Å². The number of fused-ring (bicyclic) bond motifs is 1. The van der Waals surface area contributed by atoms with E-state index < -0.39 is 39.9 Å². The number of aliphatic hydroxyl groups is 4. The minimum atomic E-state index is -1.05. The maximum atomic E-state index is 15.0. The summed E-state index contributed by atoms with van der Waals surface area (Å²) in [5.74, 6) is -0.491. The van der Waals surface area contributed by atoms with Crippen LogP contribution in [0.4, 0.5) is 4.39 Å². The van der Waals surface area contributed by atoms with E-state index in [-0.39, 0.29) is 53.2 Å². The number of hydrogen-bond acceptors (Lipinski definition) is 6. The van der Waals surface area contributed by atoms with E-state index in [0.717, 1.165) is 38.5 Å². The predicted octanol–water partition coefficient (Wildman–Crippen LogP) is 5.25. The van der Waals surface area contributed by atoms with E-state index in [2.05, 4.69) is 43.9 Å². The molecule has 0 saturated heterocycles. The van der Waals surface area contributed by atoms with Gasteiger partial charge in [-0.15, -0.1) is 0 Å². The fourth-order valence-corrected chi connectivity index (χ4v) is 11.1. The number of carbonyl (C=O) groups is 1.